The molecule has 0 amide bonds. The molecular weight excluding hydrogens is 188 g/mol. The summed E-state index contributed by atoms with van der Waals surface area (Å²) >= 11 is 0. The Morgan fingerprint density at radius 3 is 2.80 bits per heavy atom. The smallest absolute Gasteiger partial charge is 0.155 e. The number of allylic oxidation sites excluding steroid dienone is 1. The van der Waals surface area contributed by atoms with Crippen LogP contribution < -0.4 is 0 Å². The summed E-state index contributed by atoms with van der Waals surface area (Å²) in [5.74, 6) is 0.627. The zero-order valence-electron chi connectivity index (χ0n) is 10.0. The maximum absolute atomic E-state index is 5.94. The maximum Gasteiger partial charge on any atom is 0.155 e. The molecule has 1 fully saturated rings. The largest absolute Gasteiger partial charge is 0.353 e. The Labute approximate surface area is 92.6 Å². The molecule has 4 unspecified atom stereocenters. The topological polar surface area (TPSA) is 18.5 Å². The van der Waals surface area contributed by atoms with Gasteiger partial charge in [0.1, 0.15) is 0 Å². The monoisotopic (exact) mass is 210 g/mol. The molecular formula is C13H22O2. The molecule has 0 aromatic rings. The van der Waals surface area contributed by atoms with Gasteiger partial charge in [-0.2, -0.15) is 0 Å². The van der Waals surface area contributed by atoms with Gasteiger partial charge in [-0.1, -0.05) is 26.0 Å². The fraction of sp³-hybridized carbons (Fsp3) is 0.846. The summed E-state index contributed by atoms with van der Waals surface area (Å²) in [6, 6.07) is 0. The minimum absolute atomic E-state index is 0.0497. The number of hydrogen-bond donors (Lipinski definition) is 0. The van der Waals surface area contributed by atoms with Gasteiger partial charge in [0.15, 0.2) is 6.29 Å². The quantitative estimate of drug-likeness (QED) is 0.512. The molecule has 0 aromatic carbocycles. The third-order valence-electron chi connectivity index (χ3n) is 3.52. The lowest BCUT2D eigenvalue weighted by atomic mass is 9.90. The van der Waals surface area contributed by atoms with E-state index in [-0.39, 0.29) is 6.29 Å². The summed E-state index contributed by atoms with van der Waals surface area (Å²) in [4.78, 5) is 0. The molecule has 4 atom stereocenters. The predicted octanol–water partition coefficient (Wildman–Crippen LogP) is 3.13. The highest BCUT2D eigenvalue weighted by Gasteiger charge is 2.44. The Bertz CT molecular complexity index is 249. The van der Waals surface area contributed by atoms with Crippen LogP contribution in [0, 0.1) is 11.3 Å². The zero-order valence-corrected chi connectivity index (χ0v) is 10.0. The van der Waals surface area contributed by atoms with Crippen molar-refractivity contribution in [3.63, 3.8) is 0 Å². The van der Waals surface area contributed by atoms with Gasteiger partial charge in [0.2, 0.25) is 0 Å². The van der Waals surface area contributed by atoms with E-state index < -0.39 is 0 Å². The molecule has 15 heavy (non-hydrogen) atoms. The van der Waals surface area contributed by atoms with Crippen molar-refractivity contribution in [1.82, 2.24) is 0 Å². The van der Waals surface area contributed by atoms with Gasteiger partial charge in [0.25, 0.3) is 0 Å². The molecule has 0 N–H and O–H groups in total. The standard InChI is InChI=1S/C13H22O2/c1-4-7-14-10(2)15-12-9-13(3)6-5-11(12)8-13/h5-6,10-12H,4,7-9H2,1-3H3. The molecule has 2 bridgehead atoms. The summed E-state index contributed by atoms with van der Waals surface area (Å²) in [7, 11) is 0. The van der Waals surface area contributed by atoms with Crippen molar-refractivity contribution in [1.29, 1.82) is 0 Å². The predicted molar refractivity (Wildman–Crippen MR) is 60.5 cm³/mol. The lowest BCUT2D eigenvalue weighted by molar-refractivity contribution is -0.165. The van der Waals surface area contributed by atoms with Crippen LogP contribution in [0.5, 0.6) is 0 Å². The summed E-state index contributed by atoms with van der Waals surface area (Å²) in [6.07, 6.45) is 8.49. The minimum atomic E-state index is -0.0497. The third-order valence-corrected chi connectivity index (χ3v) is 3.52. The third kappa shape index (κ3) is 2.43. The zero-order chi connectivity index (χ0) is 10.9. The van der Waals surface area contributed by atoms with E-state index in [4.69, 9.17) is 9.47 Å². The van der Waals surface area contributed by atoms with Gasteiger partial charge >= 0.3 is 0 Å². The van der Waals surface area contributed by atoms with Gasteiger partial charge in [-0.25, -0.2) is 0 Å². The van der Waals surface area contributed by atoms with Crippen molar-refractivity contribution < 1.29 is 9.47 Å². The van der Waals surface area contributed by atoms with Crippen LogP contribution >= 0.6 is 0 Å². The summed E-state index contributed by atoms with van der Waals surface area (Å²) in [5.41, 5.74) is 0.403. The molecule has 2 aliphatic carbocycles. The van der Waals surface area contributed by atoms with Gasteiger partial charge in [-0.05, 0) is 31.6 Å². The second-order valence-electron chi connectivity index (χ2n) is 5.20. The van der Waals surface area contributed by atoms with Gasteiger partial charge in [0, 0.05) is 12.5 Å². The van der Waals surface area contributed by atoms with E-state index >= 15 is 0 Å². The van der Waals surface area contributed by atoms with E-state index in [1.807, 2.05) is 6.92 Å². The van der Waals surface area contributed by atoms with Gasteiger partial charge in [-0.15, -0.1) is 0 Å². The van der Waals surface area contributed by atoms with Crippen LogP contribution in [0.4, 0.5) is 0 Å². The molecule has 86 valence electrons. The highest BCUT2D eigenvalue weighted by atomic mass is 16.7. The molecule has 0 saturated heterocycles. The van der Waals surface area contributed by atoms with Crippen molar-refractivity contribution in [2.45, 2.75) is 52.4 Å². The first kappa shape index (κ1) is 11.2. The SMILES string of the molecule is CCCOC(C)OC1CC2(C)C=CC1C2. The fourth-order valence-electron chi connectivity index (χ4n) is 2.77. The molecule has 2 nitrogen and oxygen atoms in total. The average Bonchev–Trinajstić information content (AvgIpc) is 2.69. The first-order chi connectivity index (χ1) is 7.13. The van der Waals surface area contributed by atoms with Crippen molar-refractivity contribution in [2.75, 3.05) is 6.61 Å². The second kappa shape index (κ2) is 4.26. The van der Waals surface area contributed by atoms with Crippen molar-refractivity contribution >= 4 is 0 Å². The van der Waals surface area contributed by atoms with Crippen molar-refractivity contribution in [3.05, 3.63) is 12.2 Å². The molecule has 0 heterocycles. The maximum atomic E-state index is 5.94. The van der Waals surface area contributed by atoms with Crippen LogP contribution in [0.25, 0.3) is 0 Å². The van der Waals surface area contributed by atoms with E-state index in [2.05, 4.69) is 26.0 Å². The number of ether oxygens (including phenoxy) is 2. The molecule has 0 spiro atoms. The first-order valence-electron chi connectivity index (χ1n) is 6.09. The van der Waals surface area contributed by atoms with Crippen LogP contribution in [0.3, 0.4) is 0 Å². The normalized spacial score (nSPS) is 39.9. The van der Waals surface area contributed by atoms with E-state index in [1.54, 1.807) is 0 Å². The Morgan fingerprint density at radius 2 is 2.27 bits per heavy atom. The highest BCUT2D eigenvalue weighted by molar-refractivity contribution is 5.17. The number of fused-ring (bicyclic) bond motifs is 2. The molecule has 2 aliphatic rings. The highest BCUT2D eigenvalue weighted by Crippen LogP contribution is 2.50. The summed E-state index contributed by atoms with van der Waals surface area (Å²) in [6.45, 7) is 7.25. The molecule has 0 aromatic heterocycles. The number of hydrogen-bond acceptors (Lipinski definition) is 2. The Morgan fingerprint density at radius 1 is 1.47 bits per heavy atom. The van der Waals surface area contributed by atoms with Crippen molar-refractivity contribution in [2.24, 2.45) is 11.3 Å². The summed E-state index contributed by atoms with van der Waals surface area (Å²) in [5, 5.41) is 0. The van der Waals surface area contributed by atoms with E-state index in [0.717, 1.165) is 19.4 Å². The van der Waals surface area contributed by atoms with Crippen LogP contribution in [0.15, 0.2) is 12.2 Å². The van der Waals surface area contributed by atoms with Crippen LogP contribution in [0.2, 0.25) is 0 Å². The number of rotatable bonds is 5. The van der Waals surface area contributed by atoms with Gasteiger partial charge < -0.3 is 9.47 Å². The van der Waals surface area contributed by atoms with E-state index in [1.165, 1.54) is 6.42 Å². The van der Waals surface area contributed by atoms with Crippen LogP contribution in [-0.2, 0) is 9.47 Å². The van der Waals surface area contributed by atoms with Gasteiger partial charge in [0.05, 0.1) is 6.10 Å². The first-order valence-corrected chi connectivity index (χ1v) is 6.09. The minimum Gasteiger partial charge on any atom is -0.353 e. The Hall–Kier alpha value is -0.340. The molecule has 2 heteroatoms. The summed E-state index contributed by atoms with van der Waals surface area (Å²) < 4.78 is 11.5. The van der Waals surface area contributed by atoms with Gasteiger partial charge in [-0.3, -0.25) is 0 Å². The van der Waals surface area contributed by atoms with Crippen LogP contribution in [0.1, 0.15) is 40.0 Å². The molecule has 1 saturated carbocycles. The van der Waals surface area contributed by atoms with E-state index in [9.17, 15) is 0 Å². The Balaban J connectivity index is 1.80. The van der Waals surface area contributed by atoms with E-state index in [0.29, 0.717) is 17.4 Å². The molecule has 0 aliphatic heterocycles. The fourth-order valence-corrected chi connectivity index (χ4v) is 2.77. The van der Waals surface area contributed by atoms with Crippen LogP contribution in [-0.4, -0.2) is 19.0 Å². The average molecular weight is 210 g/mol. The lowest BCUT2D eigenvalue weighted by Crippen LogP contribution is -2.26. The Kier molecular flexibility index (Phi) is 3.17. The molecule has 2 rings (SSSR count). The second-order valence-corrected chi connectivity index (χ2v) is 5.20. The lowest BCUT2D eigenvalue weighted by Gasteiger charge is -2.25. The molecule has 0 radical (unpaired) electrons. The van der Waals surface area contributed by atoms with Crippen molar-refractivity contribution in [3.8, 4) is 0 Å².